The van der Waals surface area contributed by atoms with E-state index in [4.69, 9.17) is 11.6 Å². The Bertz CT molecular complexity index is 320. The number of alkyl halides is 3. The summed E-state index contributed by atoms with van der Waals surface area (Å²) in [6.45, 7) is 0. The van der Waals surface area contributed by atoms with E-state index in [-0.39, 0.29) is 11.4 Å². The summed E-state index contributed by atoms with van der Waals surface area (Å²) in [5.41, 5.74) is 0.413. The Hall–Kier alpha value is 0.760. The van der Waals surface area contributed by atoms with Crippen molar-refractivity contribution in [1.29, 1.82) is 0 Å². The lowest BCUT2D eigenvalue weighted by Crippen LogP contribution is -2.00. The van der Waals surface area contributed by atoms with Gasteiger partial charge in [0.1, 0.15) is 3.70 Å². The van der Waals surface area contributed by atoms with Crippen LogP contribution in [0.3, 0.4) is 0 Å². The zero-order valence-electron chi connectivity index (χ0n) is 6.20. The maximum atomic E-state index is 12.6. The summed E-state index contributed by atoms with van der Waals surface area (Å²) < 4.78 is 26.2. The third kappa shape index (κ3) is 2.62. The van der Waals surface area contributed by atoms with Gasteiger partial charge in [0.2, 0.25) is 0 Å². The normalized spacial score (nSPS) is 10.9. The third-order valence-electron chi connectivity index (χ3n) is 1.46. The molecule has 1 aromatic heterocycles. The predicted octanol–water partition coefficient (Wildman–Crippen LogP) is 3.97. The van der Waals surface area contributed by atoms with Crippen LogP contribution in [0.15, 0.2) is 6.20 Å². The van der Waals surface area contributed by atoms with Gasteiger partial charge in [0.15, 0.2) is 0 Å². The van der Waals surface area contributed by atoms with Gasteiger partial charge in [-0.15, -0.1) is 11.6 Å². The molecule has 0 N–H and O–H groups in total. The smallest absolute Gasteiger partial charge is 0.249 e. The minimum absolute atomic E-state index is 0.00926. The summed E-state index contributed by atoms with van der Waals surface area (Å²) >= 11 is 9.30. The van der Waals surface area contributed by atoms with Crippen molar-refractivity contribution in [2.75, 3.05) is 0 Å². The molecule has 13 heavy (non-hydrogen) atoms. The minimum atomic E-state index is -2.49. The summed E-state index contributed by atoms with van der Waals surface area (Å²) in [7, 11) is 0. The number of pyridine rings is 1. The van der Waals surface area contributed by atoms with Crippen molar-refractivity contribution in [1.82, 2.24) is 4.98 Å². The van der Waals surface area contributed by atoms with E-state index in [0.717, 1.165) is 0 Å². The first kappa shape index (κ1) is 11.8. The summed E-state index contributed by atoms with van der Waals surface area (Å²) in [4.78, 5) is 3.95. The molecule has 0 unspecified atom stereocenters. The highest BCUT2D eigenvalue weighted by molar-refractivity contribution is 14.1. The van der Waals surface area contributed by atoms with Crippen LogP contribution in [0.4, 0.5) is 8.78 Å². The van der Waals surface area contributed by atoms with E-state index in [9.17, 15) is 8.78 Å². The molecular formula is C7H4ClF2I2N. The van der Waals surface area contributed by atoms with Gasteiger partial charge in [0.05, 0.1) is 3.57 Å². The van der Waals surface area contributed by atoms with Crippen molar-refractivity contribution in [2.45, 2.75) is 12.3 Å². The largest absolute Gasteiger partial charge is 0.265 e. The Labute approximate surface area is 107 Å². The van der Waals surface area contributed by atoms with Crippen molar-refractivity contribution in [3.8, 4) is 0 Å². The van der Waals surface area contributed by atoms with E-state index in [0.29, 0.717) is 12.8 Å². The molecule has 1 rings (SSSR count). The monoisotopic (exact) mass is 429 g/mol. The highest BCUT2D eigenvalue weighted by Crippen LogP contribution is 2.30. The van der Waals surface area contributed by atoms with Crippen molar-refractivity contribution in [3.63, 3.8) is 0 Å². The van der Waals surface area contributed by atoms with Crippen LogP contribution in [0.5, 0.6) is 0 Å². The second kappa shape index (κ2) is 5.01. The number of aromatic nitrogens is 1. The van der Waals surface area contributed by atoms with Crippen LogP contribution in [-0.2, 0) is 5.88 Å². The number of nitrogens with zero attached hydrogens (tertiary/aromatic N) is 1. The number of halogens is 5. The average molecular weight is 429 g/mol. The van der Waals surface area contributed by atoms with Crippen molar-refractivity contribution < 1.29 is 8.78 Å². The molecule has 0 spiro atoms. The maximum absolute atomic E-state index is 12.6. The molecule has 0 atom stereocenters. The molecule has 0 amide bonds. The van der Waals surface area contributed by atoms with Crippen molar-refractivity contribution in [2.24, 2.45) is 0 Å². The Morgan fingerprint density at radius 3 is 2.54 bits per heavy atom. The fourth-order valence-corrected chi connectivity index (χ4v) is 2.22. The number of hydrogen-bond acceptors (Lipinski definition) is 1. The van der Waals surface area contributed by atoms with Gasteiger partial charge >= 0.3 is 0 Å². The van der Waals surface area contributed by atoms with Gasteiger partial charge in [-0.1, -0.05) is 0 Å². The molecule has 0 saturated heterocycles. The molecule has 1 nitrogen and oxygen atoms in total. The fourth-order valence-electron chi connectivity index (χ4n) is 0.855. The Balaban J connectivity index is 3.32. The van der Waals surface area contributed by atoms with E-state index in [2.05, 4.69) is 4.98 Å². The highest BCUT2D eigenvalue weighted by Gasteiger charge is 2.18. The molecular weight excluding hydrogens is 425 g/mol. The van der Waals surface area contributed by atoms with Crippen molar-refractivity contribution >= 4 is 56.8 Å². The summed E-state index contributed by atoms with van der Waals surface area (Å²) in [5.74, 6) is 0.0690. The van der Waals surface area contributed by atoms with Gasteiger partial charge in [-0.25, -0.2) is 13.8 Å². The van der Waals surface area contributed by atoms with Crippen LogP contribution < -0.4 is 0 Å². The van der Waals surface area contributed by atoms with Crippen LogP contribution in [0.25, 0.3) is 0 Å². The molecule has 0 aliphatic heterocycles. The van der Waals surface area contributed by atoms with Crippen LogP contribution >= 0.6 is 56.8 Å². The Kier molecular flexibility index (Phi) is 4.56. The van der Waals surface area contributed by atoms with Crippen LogP contribution in [0.2, 0.25) is 0 Å². The SMILES string of the molecule is FC(F)c1c(CCl)cnc(I)c1I. The third-order valence-corrected chi connectivity index (χ3v) is 4.69. The summed E-state index contributed by atoms with van der Waals surface area (Å²) in [6.07, 6.45) is -1.09. The number of rotatable bonds is 2. The highest BCUT2D eigenvalue weighted by atomic mass is 127. The summed E-state index contributed by atoms with van der Waals surface area (Å²) in [5, 5.41) is 0. The standard InChI is InChI=1S/C7H4ClF2I2N/c8-1-3-2-13-7(12)5(11)4(3)6(9)10/h2,6H,1H2. The Morgan fingerprint density at radius 2 is 2.08 bits per heavy atom. The lowest BCUT2D eigenvalue weighted by molar-refractivity contribution is 0.149. The van der Waals surface area contributed by atoms with Gasteiger partial charge in [0.25, 0.3) is 6.43 Å². The zero-order valence-corrected chi connectivity index (χ0v) is 11.3. The molecule has 6 heteroatoms. The molecule has 72 valence electrons. The molecule has 0 aliphatic rings. The second-order valence-electron chi connectivity index (χ2n) is 2.24. The van der Waals surface area contributed by atoms with Gasteiger partial charge in [0, 0.05) is 17.6 Å². The molecule has 0 fully saturated rings. The quantitative estimate of drug-likeness (QED) is 0.394. The molecule has 0 bridgehead atoms. The lowest BCUT2D eigenvalue weighted by Gasteiger charge is -2.08. The second-order valence-corrected chi connectivity index (χ2v) is 4.60. The first-order chi connectivity index (χ1) is 6.07. The van der Waals surface area contributed by atoms with E-state index >= 15 is 0 Å². The Morgan fingerprint density at radius 1 is 1.46 bits per heavy atom. The van der Waals surface area contributed by atoms with Gasteiger partial charge in [-0.3, -0.25) is 0 Å². The van der Waals surface area contributed by atoms with Gasteiger partial charge in [-0.2, -0.15) is 0 Å². The summed E-state index contributed by atoms with van der Waals surface area (Å²) in [6, 6.07) is 0. The predicted molar refractivity (Wildman–Crippen MR) is 64.2 cm³/mol. The molecule has 1 heterocycles. The first-order valence-corrected chi connectivity index (χ1v) is 5.94. The molecule has 0 aliphatic carbocycles. The molecule has 0 radical (unpaired) electrons. The van der Waals surface area contributed by atoms with E-state index in [1.165, 1.54) is 6.20 Å². The van der Waals surface area contributed by atoms with Gasteiger partial charge in [-0.05, 0) is 50.7 Å². The maximum Gasteiger partial charge on any atom is 0.265 e. The molecule has 0 aromatic carbocycles. The van der Waals surface area contributed by atoms with E-state index in [1.54, 1.807) is 0 Å². The van der Waals surface area contributed by atoms with Crippen LogP contribution in [0.1, 0.15) is 17.6 Å². The zero-order chi connectivity index (χ0) is 10.0. The lowest BCUT2D eigenvalue weighted by atomic mass is 10.2. The van der Waals surface area contributed by atoms with E-state index < -0.39 is 6.43 Å². The first-order valence-electron chi connectivity index (χ1n) is 3.24. The topological polar surface area (TPSA) is 12.9 Å². The van der Waals surface area contributed by atoms with Crippen LogP contribution in [-0.4, -0.2) is 4.98 Å². The molecule has 1 aromatic rings. The van der Waals surface area contributed by atoms with E-state index in [1.807, 2.05) is 45.2 Å². The molecule has 0 saturated carbocycles. The van der Waals surface area contributed by atoms with Gasteiger partial charge < -0.3 is 0 Å². The fraction of sp³-hybridized carbons (Fsp3) is 0.286. The van der Waals surface area contributed by atoms with Crippen LogP contribution in [0, 0.1) is 7.27 Å². The van der Waals surface area contributed by atoms with Crippen molar-refractivity contribution in [3.05, 3.63) is 24.6 Å². The average Bonchev–Trinajstić information content (AvgIpc) is 2.08. The minimum Gasteiger partial charge on any atom is -0.249 e. The number of hydrogen-bond donors (Lipinski definition) is 0.